The van der Waals surface area contributed by atoms with Gasteiger partial charge < -0.3 is 9.88 Å². The van der Waals surface area contributed by atoms with Crippen molar-refractivity contribution in [2.75, 3.05) is 7.05 Å². The molecular formula is C14H19ClN2. The molecule has 3 heteroatoms. The Morgan fingerprint density at radius 1 is 1.29 bits per heavy atom. The first kappa shape index (κ1) is 12.5. The Kier molecular flexibility index (Phi) is 2.96. The zero-order chi connectivity index (χ0) is 12.8. The second-order valence-electron chi connectivity index (χ2n) is 5.03. The quantitative estimate of drug-likeness (QED) is 0.862. The molecule has 0 saturated carbocycles. The third-order valence-electron chi connectivity index (χ3n) is 3.71. The van der Waals surface area contributed by atoms with Crippen LogP contribution in [0.15, 0.2) is 18.2 Å². The summed E-state index contributed by atoms with van der Waals surface area (Å²) in [6.45, 7) is 6.52. The van der Waals surface area contributed by atoms with Crippen LogP contribution in [0.1, 0.15) is 25.1 Å². The summed E-state index contributed by atoms with van der Waals surface area (Å²) in [6, 6.07) is 6.10. The van der Waals surface area contributed by atoms with E-state index in [-0.39, 0.29) is 5.54 Å². The second kappa shape index (κ2) is 4.04. The summed E-state index contributed by atoms with van der Waals surface area (Å²) in [7, 11) is 4.06. The lowest BCUT2D eigenvalue weighted by Crippen LogP contribution is -2.33. The van der Waals surface area contributed by atoms with Crippen molar-refractivity contribution in [2.24, 2.45) is 7.05 Å². The molecule has 0 saturated heterocycles. The van der Waals surface area contributed by atoms with Crippen molar-refractivity contribution in [1.82, 2.24) is 9.88 Å². The van der Waals surface area contributed by atoms with E-state index < -0.39 is 0 Å². The summed E-state index contributed by atoms with van der Waals surface area (Å²) in [4.78, 5) is 0. The zero-order valence-corrected chi connectivity index (χ0v) is 11.8. The minimum atomic E-state index is -0.0612. The summed E-state index contributed by atoms with van der Waals surface area (Å²) >= 11 is 6.30. The average molecular weight is 251 g/mol. The number of aryl methyl sites for hydroxylation is 1. The van der Waals surface area contributed by atoms with Gasteiger partial charge in [-0.25, -0.2) is 0 Å². The Balaban J connectivity index is 2.90. The first-order valence-corrected chi connectivity index (χ1v) is 6.21. The smallest absolute Gasteiger partial charge is 0.0672 e. The van der Waals surface area contributed by atoms with E-state index in [4.69, 9.17) is 11.6 Å². The number of nitrogens with one attached hydrogen (secondary N) is 1. The lowest BCUT2D eigenvalue weighted by Gasteiger charge is -2.25. The van der Waals surface area contributed by atoms with Crippen LogP contribution < -0.4 is 5.32 Å². The van der Waals surface area contributed by atoms with Crippen molar-refractivity contribution < 1.29 is 0 Å². The maximum absolute atomic E-state index is 6.30. The minimum Gasteiger partial charge on any atom is -0.346 e. The van der Waals surface area contributed by atoms with Crippen molar-refractivity contribution in [1.29, 1.82) is 0 Å². The van der Waals surface area contributed by atoms with Crippen LogP contribution >= 0.6 is 11.6 Å². The predicted molar refractivity (Wildman–Crippen MR) is 74.8 cm³/mol. The Morgan fingerprint density at radius 3 is 2.53 bits per heavy atom. The van der Waals surface area contributed by atoms with Gasteiger partial charge in [0.2, 0.25) is 0 Å². The van der Waals surface area contributed by atoms with Gasteiger partial charge in [0.25, 0.3) is 0 Å². The molecule has 92 valence electrons. The zero-order valence-electron chi connectivity index (χ0n) is 11.1. The van der Waals surface area contributed by atoms with Gasteiger partial charge in [0, 0.05) is 29.2 Å². The second-order valence-corrected chi connectivity index (χ2v) is 5.44. The monoisotopic (exact) mass is 250 g/mol. The number of hydrogen-bond acceptors (Lipinski definition) is 1. The number of hydrogen-bond donors (Lipinski definition) is 1. The van der Waals surface area contributed by atoms with E-state index in [1.165, 1.54) is 16.6 Å². The van der Waals surface area contributed by atoms with Gasteiger partial charge in [0.15, 0.2) is 0 Å². The number of aromatic nitrogens is 1. The fraction of sp³-hybridized carbons (Fsp3) is 0.429. The van der Waals surface area contributed by atoms with Crippen molar-refractivity contribution in [3.8, 4) is 0 Å². The van der Waals surface area contributed by atoms with Crippen molar-refractivity contribution >= 4 is 22.5 Å². The van der Waals surface area contributed by atoms with E-state index in [9.17, 15) is 0 Å². The van der Waals surface area contributed by atoms with Crippen molar-refractivity contribution in [3.05, 3.63) is 34.5 Å². The molecule has 0 aliphatic rings. The normalized spacial score (nSPS) is 12.4. The van der Waals surface area contributed by atoms with Gasteiger partial charge in [-0.1, -0.05) is 23.7 Å². The van der Waals surface area contributed by atoms with E-state index in [0.29, 0.717) is 0 Å². The molecule has 0 amide bonds. The predicted octanol–water partition coefficient (Wildman–Crippen LogP) is 3.59. The van der Waals surface area contributed by atoms with Crippen LogP contribution in [0.2, 0.25) is 5.02 Å². The third-order valence-corrected chi connectivity index (χ3v) is 4.01. The van der Waals surface area contributed by atoms with Crippen LogP contribution in [-0.4, -0.2) is 11.6 Å². The Labute approximate surface area is 108 Å². The first-order chi connectivity index (χ1) is 7.90. The Hall–Kier alpha value is -0.990. The first-order valence-electron chi connectivity index (χ1n) is 5.83. The molecule has 0 unspecified atom stereocenters. The number of halogens is 1. The van der Waals surface area contributed by atoms with Gasteiger partial charge in [-0.3, -0.25) is 0 Å². The molecule has 1 heterocycles. The van der Waals surface area contributed by atoms with Crippen LogP contribution in [0, 0.1) is 6.92 Å². The minimum absolute atomic E-state index is 0.0612. The number of para-hydroxylation sites is 1. The SMILES string of the molecule is CNC(C)(C)c1c(C)n(C)c2c(Cl)cccc12. The van der Waals surface area contributed by atoms with Crippen LogP contribution in [-0.2, 0) is 12.6 Å². The van der Waals surface area contributed by atoms with E-state index in [1.807, 2.05) is 19.2 Å². The molecule has 0 radical (unpaired) electrons. The maximum atomic E-state index is 6.30. The van der Waals surface area contributed by atoms with Gasteiger partial charge in [-0.05, 0) is 33.9 Å². The lowest BCUT2D eigenvalue weighted by molar-refractivity contribution is 0.444. The van der Waals surface area contributed by atoms with E-state index in [1.54, 1.807) is 0 Å². The lowest BCUT2D eigenvalue weighted by atomic mass is 9.92. The summed E-state index contributed by atoms with van der Waals surface area (Å²) < 4.78 is 2.17. The number of rotatable bonds is 2. The highest BCUT2D eigenvalue weighted by atomic mass is 35.5. The molecule has 2 aromatic rings. The fourth-order valence-corrected chi connectivity index (χ4v) is 2.80. The molecule has 2 nitrogen and oxygen atoms in total. The van der Waals surface area contributed by atoms with E-state index >= 15 is 0 Å². The Bertz CT molecular complexity index is 567. The van der Waals surface area contributed by atoms with Gasteiger partial charge >= 0.3 is 0 Å². The van der Waals surface area contributed by atoms with Gasteiger partial charge in [-0.15, -0.1) is 0 Å². The molecule has 0 fully saturated rings. The summed E-state index contributed by atoms with van der Waals surface area (Å²) in [5.41, 5.74) is 3.63. The van der Waals surface area contributed by atoms with Crippen LogP contribution in [0.4, 0.5) is 0 Å². The highest BCUT2D eigenvalue weighted by molar-refractivity contribution is 6.35. The van der Waals surface area contributed by atoms with Gasteiger partial charge in [0.1, 0.15) is 0 Å². The average Bonchev–Trinajstić information content (AvgIpc) is 2.53. The summed E-state index contributed by atoms with van der Waals surface area (Å²) in [6.07, 6.45) is 0. The molecule has 0 spiro atoms. The highest BCUT2D eigenvalue weighted by Crippen LogP contribution is 2.36. The topological polar surface area (TPSA) is 17.0 Å². The molecule has 1 aromatic carbocycles. The molecule has 2 rings (SSSR count). The maximum Gasteiger partial charge on any atom is 0.0672 e. The summed E-state index contributed by atoms with van der Waals surface area (Å²) in [5, 5.41) is 5.41. The molecule has 0 bridgehead atoms. The third kappa shape index (κ3) is 1.76. The largest absolute Gasteiger partial charge is 0.346 e. The molecule has 1 aromatic heterocycles. The number of nitrogens with zero attached hydrogens (tertiary/aromatic N) is 1. The molecule has 0 aliphatic heterocycles. The number of fused-ring (bicyclic) bond motifs is 1. The Morgan fingerprint density at radius 2 is 1.94 bits per heavy atom. The highest BCUT2D eigenvalue weighted by Gasteiger charge is 2.26. The van der Waals surface area contributed by atoms with Crippen LogP contribution in [0.5, 0.6) is 0 Å². The fourth-order valence-electron chi connectivity index (χ4n) is 2.50. The molecule has 1 N–H and O–H groups in total. The van der Waals surface area contributed by atoms with E-state index in [0.717, 1.165) is 10.5 Å². The van der Waals surface area contributed by atoms with Gasteiger partial charge in [0.05, 0.1) is 10.5 Å². The number of benzene rings is 1. The van der Waals surface area contributed by atoms with Gasteiger partial charge in [-0.2, -0.15) is 0 Å². The molecule has 0 atom stereocenters. The van der Waals surface area contributed by atoms with Crippen molar-refractivity contribution in [2.45, 2.75) is 26.3 Å². The van der Waals surface area contributed by atoms with E-state index in [2.05, 4.69) is 43.8 Å². The molecule has 0 aliphatic carbocycles. The molecule has 17 heavy (non-hydrogen) atoms. The summed E-state index contributed by atoms with van der Waals surface area (Å²) in [5.74, 6) is 0. The standard InChI is InChI=1S/C14H19ClN2/c1-9-12(14(2,3)16-4)10-7-6-8-11(15)13(10)17(9)5/h6-8,16H,1-5H3. The van der Waals surface area contributed by atoms with Crippen LogP contribution in [0.25, 0.3) is 10.9 Å². The van der Waals surface area contributed by atoms with Crippen LogP contribution in [0.3, 0.4) is 0 Å². The molecular weight excluding hydrogens is 232 g/mol. The van der Waals surface area contributed by atoms with Crippen molar-refractivity contribution in [3.63, 3.8) is 0 Å².